The van der Waals surface area contributed by atoms with E-state index in [2.05, 4.69) is 0 Å². The fourth-order valence-corrected chi connectivity index (χ4v) is 2.20. The molecule has 0 unspecified atom stereocenters. The molecule has 2 rings (SSSR count). The van der Waals surface area contributed by atoms with Crippen molar-refractivity contribution < 1.29 is 5.11 Å². The zero-order valence-electron chi connectivity index (χ0n) is 8.62. The van der Waals surface area contributed by atoms with Crippen LogP contribution in [0.3, 0.4) is 0 Å². The summed E-state index contributed by atoms with van der Waals surface area (Å²) in [5.41, 5.74) is 6.76. The van der Waals surface area contributed by atoms with Gasteiger partial charge in [-0.25, -0.2) is 0 Å². The highest BCUT2D eigenvalue weighted by Crippen LogP contribution is 2.42. The molecule has 1 aliphatic rings. The number of aromatic hydroxyl groups is 1. The molecule has 0 amide bonds. The van der Waals surface area contributed by atoms with Gasteiger partial charge in [0, 0.05) is 11.6 Å². The van der Waals surface area contributed by atoms with Crippen molar-refractivity contribution in [2.24, 2.45) is 11.7 Å². The fraction of sp³-hybridized carbons (Fsp3) is 0.455. The third-order valence-electron chi connectivity index (χ3n) is 3.12. The minimum Gasteiger partial charge on any atom is -0.506 e. The first-order valence-corrected chi connectivity index (χ1v) is 5.79. The largest absolute Gasteiger partial charge is 0.506 e. The Bertz CT molecular complexity index is 380. The SMILES string of the molecule is Cl.N[C@H](c1ccc(Cl)c(Cl)c1O)C1CCC1. The van der Waals surface area contributed by atoms with Crippen molar-refractivity contribution in [3.8, 4) is 5.75 Å². The van der Waals surface area contributed by atoms with Crippen LogP contribution < -0.4 is 5.73 Å². The van der Waals surface area contributed by atoms with E-state index in [0.29, 0.717) is 16.5 Å². The van der Waals surface area contributed by atoms with Gasteiger partial charge in [-0.1, -0.05) is 35.7 Å². The van der Waals surface area contributed by atoms with Gasteiger partial charge in [0.05, 0.1) is 5.02 Å². The number of phenolic OH excluding ortho intramolecular Hbond substituents is 1. The number of benzene rings is 1. The summed E-state index contributed by atoms with van der Waals surface area (Å²) in [4.78, 5) is 0. The first kappa shape index (κ1) is 13.9. The molecule has 2 nitrogen and oxygen atoms in total. The molecule has 1 atom stereocenters. The number of rotatable bonds is 2. The van der Waals surface area contributed by atoms with Crippen molar-refractivity contribution in [3.05, 3.63) is 27.7 Å². The van der Waals surface area contributed by atoms with Crippen LogP contribution in [0.15, 0.2) is 12.1 Å². The average molecular weight is 283 g/mol. The van der Waals surface area contributed by atoms with E-state index in [1.54, 1.807) is 12.1 Å². The molecule has 3 N–H and O–H groups in total. The quantitative estimate of drug-likeness (QED) is 0.863. The van der Waals surface area contributed by atoms with Crippen molar-refractivity contribution in [1.29, 1.82) is 0 Å². The lowest BCUT2D eigenvalue weighted by Crippen LogP contribution is -2.26. The Morgan fingerprint density at radius 1 is 1.31 bits per heavy atom. The van der Waals surface area contributed by atoms with E-state index in [1.807, 2.05) is 0 Å². The summed E-state index contributed by atoms with van der Waals surface area (Å²) < 4.78 is 0. The summed E-state index contributed by atoms with van der Waals surface area (Å²) in [5.74, 6) is 0.497. The topological polar surface area (TPSA) is 46.2 Å². The third kappa shape index (κ3) is 2.40. The van der Waals surface area contributed by atoms with E-state index >= 15 is 0 Å². The molecular weight excluding hydrogens is 268 g/mol. The summed E-state index contributed by atoms with van der Waals surface area (Å²) in [6, 6.07) is 3.30. The van der Waals surface area contributed by atoms with Gasteiger partial charge in [-0.15, -0.1) is 12.4 Å². The van der Waals surface area contributed by atoms with Gasteiger partial charge >= 0.3 is 0 Å². The average Bonchev–Trinajstić information content (AvgIpc) is 2.11. The van der Waals surface area contributed by atoms with Crippen LogP contribution in [-0.2, 0) is 0 Å². The van der Waals surface area contributed by atoms with Crippen molar-refractivity contribution in [2.75, 3.05) is 0 Å². The first-order chi connectivity index (χ1) is 7.11. The van der Waals surface area contributed by atoms with E-state index in [1.165, 1.54) is 6.42 Å². The number of halogens is 3. The van der Waals surface area contributed by atoms with Gasteiger partial charge < -0.3 is 10.8 Å². The summed E-state index contributed by atoms with van der Waals surface area (Å²) in [6.07, 6.45) is 3.47. The molecule has 0 aliphatic heterocycles. The lowest BCUT2D eigenvalue weighted by Gasteiger charge is -2.31. The predicted molar refractivity (Wildman–Crippen MR) is 69.6 cm³/mol. The maximum absolute atomic E-state index is 9.82. The Balaban J connectivity index is 0.00000128. The summed E-state index contributed by atoms with van der Waals surface area (Å²) >= 11 is 11.6. The van der Waals surface area contributed by atoms with Crippen LogP contribution in [0.5, 0.6) is 5.75 Å². The zero-order chi connectivity index (χ0) is 11.0. The van der Waals surface area contributed by atoms with Gasteiger partial charge in [0.1, 0.15) is 10.8 Å². The molecule has 16 heavy (non-hydrogen) atoms. The minimum absolute atomic E-state index is 0. The number of hydrogen-bond acceptors (Lipinski definition) is 2. The van der Waals surface area contributed by atoms with Crippen LogP contribution in [0.4, 0.5) is 0 Å². The van der Waals surface area contributed by atoms with E-state index in [-0.39, 0.29) is 29.2 Å². The normalized spacial score (nSPS) is 17.4. The van der Waals surface area contributed by atoms with Crippen LogP contribution in [-0.4, -0.2) is 5.11 Å². The van der Waals surface area contributed by atoms with E-state index in [0.717, 1.165) is 12.8 Å². The molecule has 90 valence electrons. The summed E-state index contributed by atoms with van der Waals surface area (Å²) in [6.45, 7) is 0. The second kappa shape index (κ2) is 5.46. The monoisotopic (exact) mass is 281 g/mol. The number of hydrogen-bond donors (Lipinski definition) is 2. The summed E-state index contributed by atoms with van der Waals surface area (Å²) in [7, 11) is 0. The van der Waals surface area contributed by atoms with Gasteiger partial charge in [-0.3, -0.25) is 0 Å². The molecule has 1 aromatic carbocycles. The Morgan fingerprint density at radius 2 is 1.94 bits per heavy atom. The van der Waals surface area contributed by atoms with Crippen LogP contribution in [0.25, 0.3) is 0 Å². The molecule has 0 bridgehead atoms. The summed E-state index contributed by atoms with van der Waals surface area (Å²) in [5, 5.41) is 10.4. The van der Waals surface area contributed by atoms with Crippen LogP contribution >= 0.6 is 35.6 Å². The lowest BCUT2D eigenvalue weighted by atomic mass is 9.77. The van der Waals surface area contributed by atoms with E-state index in [4.69, 9.17) is 28.9 Å². The Morgan fingerprint density at radius 3 is 2.44 bits per heavy atom. The third-order valence-corrected chi connectivity index (χ3v) is 3.91. The van der Waals surface area contributed by atoms with Gasteiger partial charge in [0.2, 0.25) is 0 Å². The molecule has 0 spiro atoms. The molecule has 0 heterocycles. The Kier molecular flexibility index (Phi) is 4.74. The second-order valence-electron chi connectivity index (χ2n) is 4.02. The predicted octanol–water partition coefficient (Wildman–Crippen LogP) is 3.92. The van der Waals surface area contributed by atoms with Crippen LogP contribution in [0, 0.1) is 5.92 Å². The standard InChI is InChI=1S/C11H13Cl2NO.ClH/c12-8-5-4-7(11(15)9(8)13)10(14)6-2-1-3-6;/h4-6,10,15H,1-3,14H2;1H/t10-;/m0./s1. The van der Waals surface area contributed by atoms with Gasteiger partial charge in [0.25, 0.3) is 0 Å². The number of nitrogens with two attached hydrogens (primary N) is 1. The highest BCUT2D eigenvalue weighted by atomic mass is 35.5. The van der Waals surface area contributed by atoms with Crippen molar-refractivity contribution in [3.63, 3.8) is 0 Å². The van der Waals surface area contributed by atoms with Crippen molar-refractivity contribution in [1.82, 2.24) is 0 Å². The molecule has 0 saturated heterocycles. The van der Waals surface area contributed by atoms with Gasteiger partial charge in [0.15, 0.2) is 0 Å². The fourth-order valence-electron chi connectivity index (χ4n) is 1.88. The minimum atomic E-state index is -0.131. The zero-order valence-corrected chi connectivity index (χ0v) is 10.9. The van der Waals surface area contributed by atoms with E-state index < -0.39 is 0 Å². The number of phenols is 1. The van der Waals surface area contributed by atoms with Crippen LogP contribution in [0.1, 0.15) is 30.9 Å². The first-order valence-electron chi connectivity index (χ1n) is 5.03. The Hall–Kier alpha value is -0.150. The molecule has 5 heteroatoms. The molecule has 1 saturated carbocycles. The molecule has 0 aromatic heterocycles. The van der Waals surface area contributed by atoms with E-state index in [9.17, 15) is 5.11 Å². The van der Waals surface area contributed by atoms with Gasteiger partial charge in [-0.2, -0.15) is 0 Å². The maximum atomic E-state index is 9.82. The molecule has 1 aliphatic carbocycles. The second-order valence-corrected chi connectivity index (χ2v) is 4.80. The smallest absolute Gasteiger partial charge is 0.140 e. The van der Waals surface area contributed by atoms with Crippen molar-refractivity contribution in [2.45, 2.75) is 25.3 Å². The van der Waals surface area contributed by atoms with Crippen molar-refractivity contribution >= 4 is 35.6 Å². The lowest BCUT2D eigenvalue weighted by molar-refractivity contribution is 0.260. The molecule has 1 fully saturated rings. The molecular formula is C11H14Cl3NO. The highest BCUT2D eigenvalue weighted by Gasteiger charge is 2.28. The maximum Gasteiger partial charge on any atom is 0.140 e. The Labute approximate surface area is 111 Å². The molecule has 1 aromatic rings. The highest BCUT2D eigenvalue weighted by molar-refractivity contribution is 6.43. The van der Waals surface area contributed by atoms with Gasteiger partial charge in [-0.05, 0) is 24.8 Å². The van der Waals surface area contributed by atoms with Crippen LogP contribution in [0.2, 0.25) is 10.0 Å². The molecule has 0 radical (unpaired) electrons.